The number of amides is 2. The molecule has 2 aromatic rings. The van der Waals surface area contributed by atoms with Crippen LogP contribution in [0.3, 0.4) is 0 Å². The minimum absolute atomic E-state index is 0.142. The van der Waals surface area contributed by atoms with Gasteiger partial charge in [0.2, 0.25) is 5.91 Å². The second-order valence-electron chi connectivity index (χ2n) is 8.53. The van der Waals surface area contributed by atoms with E-state index in [2.05, 4.69) is 27.4 Å². The number of hydrogen-bond donors (Lipinski definition) is 2. The zero-order chi connectivity index (χ0) is 24.5. The van der Waals surface area contributed by atoms with E-state index in [-0.39, 0.29) is 17.2 Å². The number of rotatable bonds is 10. The highest BCUT2D eigenvalue weighted by Crippen LogP contribution is 2.21. The number of nitro benzene ring substituents is 1. The molecular weight excluding hydrogens is 454 g/mol. The lowest BCUT2D eigenvalue weighted by molar-refractivity contribution is -0.384. The van der Waals surface area contributed by atoms with Crippen LogP contribution in [0.25, 0.3) is 0 Å². The van der Waals surface area contributed by atoms with E-state index >= 15 is 0 Å². The number of nitrogens with one attached hydrogen (secondary N) is 2. The second kappa shape index (κ2) is 12.4. The van der Waals surface area contributed by atoms with Gasteiger partial charge in [0.1, 0.15) is 11.9 Å². The number of piperidine rings is 1. The van der Waals surface area contributed by atoms with Crippen molar-refractivity contribution in [3.05, 3.63) is 63.8 Å². The molecule has 0 spiro atoms. The molecule has 9 nitrogen and oxygen atoms in total. The standard InChI is InChI=1S/C24H31N5O4S/c1-17-8-11-28(12-9-17)22-7-6-18(15-25-22)16-26-24(31)21(10-13-34-2)27-23(30)19-4-3-5-20(14-19)29(32)33/h3-7,14-15,17,21H,8-13,16H2,1-2H3,(H,26,31)(H,27,30). The average Bonchev–Trinajstić information content (AvgIpc) is 2.85. The van der Waals surface area contributed by atoms with Gasteiger partial charge < -0.3 is 15.5 Å². The SMILES string of the molecule is CSCCC(NC(=O)c1cccc([N+](=O)[O-])c1)C(=O)NCc1ccc(N2CCC(C)CC2)nc1. The van der Waals surface area contributed by atoms with Crippen LogP contribution in [0.5, 0.6) is 0 Å². The van der Waals surface area contributed by atoms with E-state index in [4.69, 9.17) is 0 Å². The fraction of sp³-hybridized carbons (Fsp3) is 0.458. The summed E-state index contributed by atoms with van der Waals surface area (Å²) < 4.78 is 0. The molecule has 1 atom stereocenters. The van der Waals surface area contributed by atoms with Crippen LogP contribution in [0, 0.1) is 16.0 Å². The topological polar surface area (TPSA) is 117 Å². The maximum Gasteiger partial charge on any atom is 0.270 e. The smallest absolute Gasteiger partial charge is 0.270 e. The first-order chi connectivity index (χ1) is 16.4. The highest BCUT2D eigenvalue weighted by molar-refractivity contribution is 7.98. The van der Waals surface area contributed by atoms with Crippen molar-refractivity contribution in [3.63, 3.8) is 0 Å². The van der Waals surface area contributed by atoms with Crippen LogP contribution in [0.1, 0.15) is 42.1 Å². The molecule has 1 fully saturated rings. The molecule has 1 aromatic heterocycles. The van der Waals surface area contributed by atoms with Gasteiger partial charge in [0.25, 0.3) is 11.6 Å². The number of thioether (sulfide) groups is 1. The number of pyridine rings is 1. The van der Waals surface area contributed by atoms with Gasteiger partial charge in [0, 0.05) is 43.5 Å². The average molecular weight is 486 g/mol. The number of nitrogens with zero attached hydrogens (tertiary/aromatic N) is 3. The molecule has 10 heteroatoms. The quantitative estimate of drug-likeness (QED) is 0.391. The van der Waals surface area contributed by atoms with Crippen molar-refractivity contribution in [1.82, 2.24) is 15.6 Å². The summed E-state index contributed by atoms with van der Waals surface area (Å²) in [6.45, 7) is 4.58. The Labute approximate surface area is 203 Å². The molecule has 0 bridgehead atoms. The molecule has 1 aromatic carbocycles. The number of carbonyl (C=O) groups excluding carboxylic acids is 2. The first-order valence-corrected chi connectivity index (χ1v) is 12.8. The van der Waals surface area contributed by atoms with E-state index in [1.807, 2.05) is 18.4 Å². The molecule has 0 saturated carbocycles. The lowest BCUT2D eigenvalue weighted by Gasteiger charge is -2.31. The summed E-state index contributed by atoms with van der Waals surface area (Å²) in [6.07, 6.45) is 6.47. The largest absolute Gasteiger partial charge is 0.357 e. The molecule has 3 rings (SSSR count). The number of nitro groups is 1. The lowest BCUT2D eigenvalue weighted by atomic mass is 9.99. The van der Waals surface area contributed by atoms with Crippen molar-refractivity contribution in [3.8, 4) is 0 Å². The second-order valence-corrected chi connectivity index (χ2v) is 9.51. The van der Waals surface area contributed by atoms with Crippen LogP contribution in [0.15, 0.2) is 42.6 Å². The molecule has 1 aliphatic heterocycles. The van der Waals surface area contributed by atoms with E-state index < -0.39 is 16.9 Å². The van der Waals surface area contributed by atoms with Crippen molar-refractivity contribution < 1.29 is 14.5 Å². The van der Waals surface area contributed by atoms with Crippen LogP contribution in [-0.4, -0.2) is 52.9 Å². The number of hydrogen-bond acceptors (Lipinski definition) is 7. The molecule has 0 radical (unpaired) electrons. The number of anilines is 1. The fourth-order valence-corrected chi connectivity index (χ4v) is 4.24. The first kappa shape index (κ1) is 25.5. The Kier molecular flexibility index (Phi) is 9.26. The third-order valence-electron chi connectivity index (χ3n) is 5.94. The van der Waals surface area contributed by atoms with E-state index in [1.165, 1.54) is 37.1 Å². The van der Waals surface area contributed by atoms with Gasteiger partial charge in [0.05, 0.1) is 4.92 Å². The van der Waals surface area contributed by atoms with Crippen molar-refractivity contribution in [1.29, 1.82) is 0 Å². The van der Waals surface area contributed by atoms with Gasteiger partial charge in [-0.2, -0.15) is 11.8 Å². The number of carbonyl (C=O) groups is 2. The number of aromatic nitrogens is 1. The fourth-order valence-electron chi connectivity index (χ4n) is 3.77. The summed E-state index contributed by atoms with van der Waals surface area (Å²) in [5.41, 5.74) is 0.840. The van der Waals surface area contributed by atoms with Crippen LogP contribution in [0.2, 0.25) is 0 Å². The van der Waals surface area contributed by atoms with Crippen LogP contribution >= 0.6 is 11.8 Å². The molecule has 2 N–H and O–H groups in total. The molecule has 34 heavy (non-hydrogen) atoms. The highest BCUT2D eigenvalue weighted by atomic mass is 32.2. The maximum atomic E-state index is 12.8. The van der Waals surface area contributed by atoms with E-state index in [0.717, 1.165) is 30.4 Å². The molecule has 1 aliphatic rings. The molecule has 2 heterocycles. The molecule has 1 saturated heterocycles. The Morgan fingerprint density at radius 3 is 2.68 bits per heavy atom. The first-order valence-electron chi connectivity index (χ1n) is 11.4. The lowest BCUT2D eigenvalue weighted by Crippen LogP contribution is -2.46. The van der Waals surface area contributed by atoms with Crippen molar-refractivity contribution in [2.75, 3.05) is 30.0 Å². The Morgan fingerprint density at radius 2 is 2.03 bits per heavy atom. The zero-order valence-corrected chi connectivity index (χ0v) is 20.3. The van der Waals surface area contributed by atoms with Gasteiger partial charge in [-0.1, -0.05) is 19.1 Å². The van der Waals surface area contributed by atoms with Crippen molar-refractivity contribution >= 4 is 35.1 Å². The summed E-state index contributed by atoms with van der Waals surface area (Å²) in [5, 5.41) is 16.6. The number of benzene rings is 1. The van der Waals surface area contributed by atoms with Gasteiger partial charge in [-0.05, 0) is 54.9 Å². The van der Waals surface area contributed by atoms with Gasteiger partial charge in [0.15, 0.2) is 0 Å². The van der Waals surface area contributed by atoms with Crippen LogP contribution in [0.4, 0.5) is 11.5 Å². The Balaban J connectivity index is 1.58. The van der Waals surface area contributed by atoms with Crippen LogP contribution < -0.4 is 15.5 Å². The molecule has 182 valence electrons. The summed E-state index contributed by atoms with van der Waals surface area (Å²) >= 11 is 1.57. The summed E-state index contributed by atoms with van der Waals surface area (Å²) in [6, 6.07) is 8.65. The third kappa shape index (κ3) is 7.18. The van der Waals surface area contributed by atoms with Gasteiger partial charge in [-0.3, -0.25) is 19.7 Å². The summed E-state index contributed by atoms with van der Waals surface area (Å²) in [7, 11) is 0. The Hall–Kier alpha value is -3.14. The normalized spacial score (nSPS) is 14.9. The van der Waals surface area contributed by atoms with Crippen molar-refractivity contribution in [2.45, 2.75) is 38.8 Å². The number of non-ortho nitro benzene ring substituents is 1. The van der Waals surface area contributed by atoms with E-state index in [9.17, 15) is 19.7 Å². The summed E-state index contributed by atoms with van der Waals surface area (Å²) in [4.78, 5) is 42.8. The van der Waals surface area contributed by atoms with Gasteiger partial charge >= 0.3 is 0 Å². The van der Waals surface area contributed by atoms with Crippen molar-refractivity contribution in [2.24, 2.45) is 5.92 Å². The summed E-state index contributed by atoms with van der Waals surface area (Å²) in [5.74, 6) is 1.55. The molecule has 2 amide bonds. The Bertz CT molecular complexity index is 993. The zero-order valence-electron chi connectivity index (χ0n) is 19.5. The molecule has 0 aliphatic carbocycles. The molecular formula is C24H31N5O4S. The van der Waals surface area contributed by atoms with E-state index in [0.29, 0.717) is 18.7 Å². The van der Waals surface area contributed by atoms with Gasteiger partial charge in [-0.15, -0.1) is 0 Å². The van der Waals surface area contributed by atoms with E-state index in [1.54, 1.807) is 18.0 Å². The molecule has 1 unspecified atom stereocenters. The highest BCUT2D eigenvalue weighted by Gasteiger charge is 2.22. The predicted molar refractivity (Wildman–Crippen MR) is 134 cm³/mol. The third-order valence-corrected chi connectivity index (χ3v) is 6.58. The monoisotopic (exact) mass is 485 g/mol. The van der Waals surface area contributed by atoms with Gasteiger partial charge in [-0.25, -0.2) is 4.98 Å². The minimum Gasteiger partial charge on any atom is -0.357 e. The maximum absolute atomic E-state index is 12.8. The Morgan fingerprint density at radius 1 is 1.26 bits per heavy atom. The van der Waals surface area contributed by atoms with Crippen LogP contribution in [-0.2, 0) is 11.3 Å². The predicted octanol–water partition coefficient (Wildman–Crippen LogP) is 3.39. The minimum atomic E-state index is -0.748.